The molecule has 9 heteroatoms. The first-order chi connectivity index (χ1) is 13.1. The van der Waals surface area contributed by atoms with E-state index < -0.39 is 6.09 Å². The number of aromatic nitrogens is 4. The van der Waals surface area contributed by atoms with Gasteiger partial charge in [-0.2, -0.15) is 5.10 Å². The van der Waals surface area contributed by atoms with Gasteiger partial charge in [-0.05, 0) is 31.2 Å². The number of carbonyl (C=O) groups is 1. The summed E-state index contributed by atoms with van der Waals surface area (Å²) in [4.78, 5) is 30.9. The Hall–Kier alpha value is -3.39. The lowest BCUT2D eigenvalue weighted by molar-refractivity contribution is 0.167. The third kappa shape index (κ3) is 3.11. The number of ether oxygens (including phenoxy) is 1. The number of hydrogen-bond donors (Lipinski definition) is 3. The number of benzene rings is 2. The summed E-state index contributed by atoms with van der Waals surface area (Å²) in [6.45, 7) is 1.99. The van der Waals surface area contributed by atoms with E-state index in [0.29, 0.717) is 32.5 Å². The summed E-state index contributed by atoms with van der Waals surface area (Å²) in [6.07, 6.45) is -0.586. The number of carbonyl (C=O) groups excluding carboxylic acids is 1. The van der Waals surface area contributed by atoms with Crippen LogP contribution in [-0.4, -0.2) is 32.9 Å². The lowest BCUT2D eigenvalue weighted by atomic mass is 10.0. The van der Waals surface area contributed by atoms with Crippen LogP contribution in [0.15, 0.2) is 41.2 Å². The van der Waals surface area contributed by atoms with Crippen molar-refractivity contribution in [2.24, 2.45) is 0 Å². The largest absolute Gasteiger partial charge is 0.450 e. The molecule has 0 bridgehead atoms. The molecule has 2 heterocycles. The number of fused-ring (bicyclic) bond motifs is 2. The molecule has 3 N–H and O–H groups in total. The van der Waals surface area contributed by atoms with Crippen LogP contribution in [0.2, 0.25) is 5.02 Å². The fraction of sp³-hybridized carbons (Fsp3) is 0.111. The molecule has 0 radical (unpaired) electrons. The number of amides is 1. The molecule has 0 spiro atoms. The van der Waals surface area contributed by atoms with Gasteiger partial charge < -0.3 is 9.72 Å². The van der Waals surface area contributed by atoms with E-state index in [2.05, 4.69) is 25.5 Å². The first-order valence-corrected chi connectivity index (χ1v) is 8.55. The second kappa shape index (κ2) is 6.73. The van der Waals surface area contributed by atoms with Gasteiger partial charge in [-0.15, -0.1) is 0 Å². The Morgan fingerprint density at radius 2 is 2.15 bits per heavy atom. The van der Waals surface area contributed by atoms with E-state index in [9.17, 15) is 9.59 Å². The maximum absolute atomic E-state index is 12.0. The Morgan fingerprint density at radius 3 is 2.96 bits per heavy atom. The second-order valence-corrected chi connectivity index (χ2v) is 6.13. The highest BCUT2D eigenvalue weighted by Crippen LogP contribution is 2.31. The minimum atomic E-state index is -0.586. The van der Waals surface area contributed by atoms with Gasteiger partial charge in [0.2, 0.25) is 5.95 Å². The van der Waals surface area contributed by atoms with E-state index in [1.54, 1.807) is 31.2 Å². The molecular formula is C18H14ClN5O3. The average molecular weight is 384 g/mol. The molecule has 1 amide bonds. The van der Waals surface area contributed by atoms with Gasteiger partial charge in [-0.25, -0.2) is 14.9 Å². The van der Waals surface area contributed by atoms with E-state index in [1.165, 1.54) is 0 Å². The molecule has 0 fully saturated rings. The average Bonchev–Trinajstić information content (AvgIpc) is 3.04. The molecule has 0 saturated carbocycles. The van der Waals surface area contributed by atoms with E-state index in [4.69, 9.17) is 16.3 Å². The molecule has 0 unspecified atom stereocenters. The van der Waals surface area contributed by atoms with Crippen molar-refractivity contribution in [3.63, 3.8) is 0 Å². The number of halogens is 1. The number of aromatic amines is 2. The van der Waals surface area contributed by atoms with Crippen LogP contribution in [0.4, 0.5) is 10.7 Å². The Labute approximate surface area is 157 Å². The minimum absolute atomic E-state index is 0.266. The van der Waals surface area contributed by atoms with E-state index in [1.807, 2.05) is 12.1 Å². The van der Waals surface area contributed by atoms with Crippen LogP contribution in [-0.2, 0) is 4.74 Å². The topological polar surface area (TPSA) is 113 Å². The van der Waals surface area contributed by atoms with Gasteiger partial charge >= 0.3 is 6.09 Å². The van der Waals surface area contributed by atoms with Gasteiger partial charge in [0, 0.05) is 10.9 Å². The van der Waals surface area contributed by atoms with Gasteiger partial charge in [0.25, 0.3) is 5.56 Å². The van der Waals surface area contributed by atoms with Gasteiger partial charge in [0.1, 0.15) is 5.69 Å². The van der Waals surface area contributed by atoms with Crippen molar-refractivity contribution in [1.82, 2.24) is 20.2 Å². The first-order valence-electron chi connectivity index (χ1n) is 8.17. The summed E-state index contributed by atoms with van der Waals surface area (Å²) in [5.74, 6) is 0.276. The number of hydrogen-bond acceptors (Lipinski definition) is 5. The van der Waals surface area contributed by atoms with Gasteiger partial charge in [-0.3, -0.25) is 10.1 Å². The van der Waals surface area contributed by atoms with Crippen LogP contribution >= 0.6 is 11.6 Å². The summed E-state index contributed by atoms with van der Waals surface area (Å²) in [7, 11) is 0. The van der Waals surface area contributed by atoms with Crippen LogP contribution in [0.1, 0.15) is 6.92 Å². The van der Waals surface area contributed by atoms with Crippen LogP contribution in [0.25, 0.3) is 33.1 Å². The molecule has 2 aromatic heterocycles. The van der Waals surface area contributed by atoms with Crippen molar-refractivity contribution in [3.05, 3.63) is 51.8 Å². The summed E-state index contributed by atoms with van der Waals surface area (Å²) in [6, 6.07) is 10.6. The molecule has 27 heavy (non-hydrogen) atoms. The minimum Gasteiger partial charge on any atom is -0.450 e. The zero-order valence-corrected chi connectivity index (χ0v) is 14.9. The number of rotatable bonds is 3. The molecule has 0 atom stereocenters. The van der Waals surface area contributed by atoms with Gasteiger partial charge in [0.15, 0.2) is 0 Å². The fourth-order valence-electron chi connectivity index (χ4n) is 2.87. The highest BCUT2D eigenvalue weighted by atomic mass is 35.5. The van der Waals surface area contributed by atoms with E-state index >= 15 is 0 Å². The Morgan fingerprint density at radius 1 is 1.30 bits per heavy atom. The van der Waals surface area contributed by atoms with Crippen LogP contribution in [0, 0.1) is 0 Å². The predicted octanol–water partition coefficient (Wildman–Crippen LogP) is 3.69. The van der Waals surface area contributed by atoms with E-state index in [0.717, 1.165) is 5.56 Å². The zero-order chi connectivity index (χ0) is 19.0. The lowest BCUT2D eigenvalue weighted by Gasteiger charge is -2.06. The molecule has 0 aliphatic heterocycles. The maximum Gasteiger partial charge on any atom is 0.413 e. The molecule has 0 aliphatic carbocycles. The normalized spacial score (nSPS) is 11.0. The summed E-state index contributed by atoms with van der Waals surface area (Å²) in [5.41, 5.74) is 2.33. The van der Waals surface area contributed by atoms with Crippen molar-refractivity contribution in [2.75, 3.05) is 11.9 Å². The standard InChI is InChI=1S/C18H14ClN5O3/c1-2-27-18(26)22-17-20-12-7-6-9(8-13(12)21-17)15-14-10(16(25)24-23-15)4-3-5-11(14)19/h3-8H,2H2,1H3,(H,24,25)(H2,20,21,22,26). The highest BCUT2D eigenvalue weighted by Gasteiger charge is 2.14. The van der Waals surface area contributed by atoms with Gasteiger partial charge in [0.05, 0.1) is 28.0 Å². The third-order valence-corrected chi connectivity index (χ3v) is 4.33. The second-order valence-electron chi connectivity index (χ2n) is 5.73. The van der Waals surface area contributed by atoms with Crippen LogP contribution in [0.3, 0.4) is 0 Å². The molecule has 4 aromatic rings. The Kier molecular flexibility index (Phi) is 4.25. The summed E-state index contributed by atoms with van der Waals surface area (Å²) in [5, 5.41) is 10.7. The molecular weight excluding hydrogens is 370 g/mol. The van der Waals surface area contributed by atoms with Crippen molar-refractivity contribution in [2.45, 2.75) is 6.92 Å². The quantitative estimate of drug-likeness (QED) is 0.499. The number of nitrogens with zero attached hydrogens (tertiary/aromatic N) is 2. The first kappa shape index (κ1) is 17.0. The monoisotopic (exact) mass is 383 g/mol. The van der Waals surface area contributed by atoms with Crippen molar-refractivity contribution in [3.8, 4) is 11.3 Å². The Balaban J connectivity index is 1.81. The number of H-pyrrole nitrogens is 2. The fourth-order valence-corrected chi connectivity index (χ4v) is 3.13. The number of anilines is 1. The van der Waals surface area contributed by atoms with Crippen molar-refractivity contribution < 1.29 is 9.53 Å². The molecule has 4 rings (SSSR count). The van der Waals surface area contributed by atoms with Crippen molar-refractivity contribution in [1.29, 1.82) is 0 Å². The highest BCUT2D eigenvalue weighted by molar-refractivity contribution is 6.36. The number of nitrogens with one attached hydrogen (secondary N) is 3. The maximum atomic E-state index is 12.0. The van der Waals surface area contributed by atoms with Gasteiger partial charge in [-0.1, -0.05) is 23.7 Å². The molecule has 8 nitrogen and oxygen atoms in total. The van der Waals surface area contributed by atoms with E-state index in [-0.39, 0.29) is 18.1 Å². The SMILES string of the molecule is CCOC(=O)Nc1nc2ccc(-c3n[nH]c(=O)c4cccc(Cl)c34)cc2[nH]1. The lowest BCUT2D eigenvalue weighted by Crippen LogP contribution is -2.14. The zero-order valence-electron chi connectivity index (χ0n) is 14.2. The van der Waals surface area contributed by atoms with Crippen LogP contribution < -0.4 is 10.9 Å². The molecule has 0 saturated heterocycles. The molecule has 2 aromatic carbocycles. The molecule has 136 valence electrons. The smallest absolute Gasteiger partial charge is 0.413 e. The molecule has 0 aliphatic rings. The van der Waals surface area contributed by atoms with Crippen LogP contribution in [0.5, 0.6) is 0 Å². The Bertz CT molecular complexity index is 1230. The number of imidazole rings is 1. The van der Waals surface area contributed by atoms with Crippen molar-refractivity contribution >= 4 is 45.4 Å². The third-order valence-electron chi connectivity index (χ3n) is 4.02. The predicted molar refractivity (Wildman–Crippen MR) is 103 cm³/mol. The summed E-state index contributed by atoms with van der Waals surface area (Å²) < 4.78 is 4.84. The summed E-state index contributed by atoms with van der Waals surface area (Å²) >= 11 is 6.32.